The predicted molar refractivity (Wildman–Crippen MR) is 42.5 cm³/mol. The van der Waals surface area contributed by atoms with E-state index in [1.54, 1.807) is 12.4 Å². The van der Waals surface area contributed by atoms with Crippen molar-refractivity contribution < 1.29 is 17.2 Å². The summed E-state index contributed by atoms with van der Waals surface area (Å²) in [6.45, 7) is 0. The zero-order valence-electron chi connectivity index (χ0n) is 6.36. The maximum atomic E-state index is 9.34. The van der Waals surface area contributed by atoms with Crippen molar-refractivity contribution in [3.05, 3.63) is 30.6 Å². The summed E-state index contributed by atoms with van der Waals surface area (Å²) < 4.78 is 29.3. The van der Waals surface area contributed by atoms with Crippen LogP contribution in [0, 0.1) is 11.5 Å². The molecule has 0 radical (unpaired) electrons. The first kappa shape index (κ1) is 11.4. The summed E-state index contributed by atoms with van der Waals surface area (Å²) in [7, 11) is -4.54. The summed E-state index contributed by atoms with van der Waals surface area (Å²) in [5, 5.41) is 7.39. The molecule has 1 aromatic heterocycles. The van der Waals surface area contributed by atoms with E-state index in [0.717, 1.165) is 6.26 Å². The van der Waals surface area contributed by atoms with Gasteiger partial charge in [-0.25, -0.2) is 0 Å². The molecular weight excluding hydrogens is 196 g/mol. The molecule has 1 aromatic rings. The molecule has 0 saturated heterocycles. The largest absolute Gasteiger partial charge is 0.456 e. The average molecular weight is 202 g/mol. The van der Waals surface area contributed by atoms with Gasteiger partial charge in [0.15, 0.2) is 0 Å². The number of nitriles is 1. The molecule has 0 aromatic carbocycles. The van der Waals surface area contributed by atoms with E-state index in [1.807, 2.05) is 18.2 Å². The smallest absolute Gasteiger partial charge is 0.281 e. The van der Waals surface area contributed by atoms with Crippen molar-refractivity contribution in [2.45, 2.75) is 0 Å². The number of hydrogen-bond acceptors (Lipinski definition) is 5. The topological polar surface area (TPSA) is 100 Å². The van der Waals surface area contributed by atoms with Gasteiger partial charge in [0.25, 0.3) is 0 Å². The fourth-order valence-corrected chi connectivity index (χ4v) is 0.454. The first-order valence-electron chi connectivity index (χ1n) is 2.96. The van der Waals surface area contributed by atoms with Crippen LogP contribution in [-0.2, 0) is 14.6 Å². The van der Waals surface area contributed by atoms with Gasteiger partial charge in [-0.3, -0.25) is 13.7 Å². The van der Waals surface area contributed by atoms with Crippen LogP contribution in [0.25, 0.3) is 0 Å². The van der Waals surface area contributed by atoms with Crippen LogP contribution in [0.1, 0.15) is 0 Å². The van der Waals surface area contributed by atoms with Crippen molar-refractivity contribution in [2.24, 2.45) is 0 Å². The molecule has 13 heavy (non-hydrogen) atoms. The number of rotatable bonds is 1. The predicted octanol–water partition coefficient (Wildman–Crippen LogP) is 0.368. The van der Waals surface area contributed by atoms with Gasteiger partial charge in [-0.2, -0.15) is 8.42 Å². The zero-order chi connectivity index (χ0) is 10.2. The third-order valence-electron chi connectivity index (χ3n) is 0.709. The molecule has 0 spiro atoms. The molecule has 1 N–H and O–H groups in total. The molecule has 0 fully saturated rings. The van der Waals surface area contributed by atoms with Crippen LogP contribution < -0.4 is 0 Å². The van der Waals surface area contributed by atoms with E-state index in [2.05, 4.69) is 9.17 Å². The minimum absolute atomic E-state index is 0.770. The second-order valence-electron chi connectivity index (χ2n) is 1.63. The first-order valence-corrected chi connectivity index (χ1v) is 4.33. The summed E-state index contributed by atoms with van der Waals surface area (Å²) in [6.07, 6.45) is 4.27. The Morgan fingerprint density at radius 3 is 1.92 bits per heavy atom. The molecule has 70 valence electrons. The first-order chi connectivity index (χ1) is 6.06. The molecule has 0 amide bonds. The Morgan fingerprint density at radius 1 is 1.31 bits per heavy atom. The van der Waals surface area contributed by atoms with Gasteiger partial charge >= 0.3 is 16.7 Å². The van der Waals surface area contributed by atoms with E-state index in [-0.39, 0.29) is 0 Å². The van der Waals surface area contributed by atoms with E-state index in [9.17, 15) is 8.42 Å². The molecular formula is C6H6N2O4S. The van der Waals surface area contributed by atoms with Crippen LogP contribution in [0.3, 0.4) is 0 Å². The highest BCUT2D eigenvalue weighted by atomic mass is 32.3. The van der Waals surface area contributed by atoms with Gasteiger partial charge < -0.3 is 0 Å². The minimum atomic E-state index is -4.54. The maximum absolute atomic E-state index is 9.34. The molecule has 0 atom stereocenters. The standard InChI is InChI=1S/C5H5N.CHNO4S/c1-2-4-6-5-3-1;2-1-6-7(3,4)5/h1-5H;(H,3,4,5). The van der Waals surface area contributed by atoms with E-state index in [0.29, 0.717) is 0 Å². The lowest BCUT2D eigenvalue weighted by atomic mass is 10.5. The van der Waals surface area contributed by atoms with E-state index < -0.39 is 10.4 Å². The second-order valence-corrected chi connectivity index (χ2v) is 2.65. The van der Waals surface area contributed by atoms with Gasteiger partial charge in [-0.05, 0) is 12.1 Å². The molecule has 0 unspecified atom stereocenters. The SMILES string of the molecule is N#COS(=O)(=O)O.c1ccncc1. The van der Waals surface area contributed by atoms with Crippen molar-refractivity contribution in [3.8, 4) is 6.26 Å². The van der Waals surface area contributed by atoms with Crippen LogP contribution in [-0.4, -0.2) is 18.0 Å². The van der Waals surface area contributed by atoms with E-state index in [1.165, 1.54) is 0 Å². The fourth-order valence-electron chi connectivity index (χ4n) is 0.360. The van der Waals surface area contributed by atoms with E-state index >= 15 is 0 Å². The Balaban J connectivity index is 0.000000223. The van der Waals surface area contributed by atoms with Gasteiger partial charge in [0, 0.05) is 12.4 Å². The zero-order valence-corrected chi connectivity index (χ0v) is 7.18. The summed E-state index contributed by atoms with van der Waals surface area (Å²) in [4.78, 5) is 3.78. The Kier molecular flexibility index (Phi) is 5.18. The average Bonchev–Trinajstić information content (AvgIpc) is 2.06. The lowest BCUT2D eigenvalue weighted by Crippen LogP contribution is -1.96. The van der Waals surface area contributed by atoms with Crippen LogP contribution >= 0.6 is 0 Å². The Bertz CT molecular complexity index is 329. The molecule has 0 aliphatic rings. The van der Waals surface area contributed by atoms with Crippen LogP contribution in [0.2, 0.25) is 0 Å². The summed E-state index contributed by atoms with van der Waals surface area (Å²) in [6, 6.07) is 5.72. The third-order valence-corrected chi connectivity index (χ3v) is 0.994. The number of pyridine rings is 1. The number of hydrogen-bond donors (Lipinski definition) is 1. The highest BCUT2D eigenvalue weighted by molar-refractivity contribution is 7.81. The van der Waals surface area contributed by atoms with Crippen LogP contribution in [0.5, 0.6) is 0 Å². The molecule has 1 heterocycles. The van der Waals surface area contributed by atoms with Crippen molar-refractivity contribution in [1.82, 2.24) is 4.98 Å². The Labute approximate surface area is 75.4 Å². The normalized spacial score (nSPS) is 8.92. The van der Waals surface area contributed by atoms with Crippen molar-refractivity contribution in [3.63, 3.8) is 0 Å². The van der Waals surface area contributed by atoms with Crippen molar-refractivity contribution in [2.75, 3.05) is 0 Å². The van der Waals surface area contributed by atoms with Crippen molar-refractivity contribution in [1.29, 1.82) is 5.26 Å². The molecule has 0 saturated carbocycles. The van der Waals surface area contributed by atoms with Gasteiger partial charge in [0.1, 0.15) is 0 Å². The van der Waals surface area contributed by atoms with Gasteiger partial charge in [0.05, 0.1) is 0 Å². The Hall–Kier alpha value is -1.65. The molecule has 7 heteroatoms. The fraction of sp³-hybridized carbons (Fsp3) is 0. The second kappa shape index (κ2) is 5.93. The minimum Gasteiger partial charge on any atom is -0.281 e. The maximum Gasteiger partial charge on any atom is 0.456 e. The highest BCUT2D eigenvalue weighted by Gasteiger charge is 1.99. The molecule has 0 aliphatic heterocycles. The number of nitrogens with zero attached hydrogens (tertiary/aromatic N) is 2. The van der Waals surface area contributed by atoms with Gasteiger partial charge in [-0.15, -0.1) is 5.26 Å². The number of aromatic nitrogens is 1. The van der Waals surface area contributed by atoms with Gasteiger partial charge in [0.2, 0.25) is 0 Å². The lowest BCUT2D eigenvalue weighted by Gasteiger charge is -1.80. The van der Waals surface area contributed by atoms with Crippen LogP contribution in [0.4, 0.5) is 0 Å². The van der Waals surface area contributed by atoms with Crippen LogP contribution in [0.15, 0.2) is 30.6 Å². The summed E-state index contributed by atoms with van der Waals surface area (Å²) in [5.74, 6) is 0. The summed E-state index contributed by atoms with van der Waals surface area (Å²) in [5.41, 5.74) is 0. The van der Waals surface area contributed by atoms with E-state index in [4.69, 9.17) is 9.81 Å². The summed E-state index contributed by atoms with van der Waals surface area (Å²) >= 11 is 0. The monoisotopic (exact) mass is 202 g/mol. The molecule has 6 nitrogen and oxygen atoms in total. The van der Waals surface area contributed by atoms with Gasteiger partial charge in [-0.1, -0.05) is 6.07 Å². The molecule has 1 rings (SSSR count). The highest BCUT2D eigenvalue weighted by Crippen LogP contribution is 1.78. The van der Waals surface area contributed by atoms with Crippen molar-refractivity contribution >= 4 is 10.4 Å². The Morgan fingerprint density at radius 2 is 1.85 bits per heavy atom. The molecule has 0 aliphatic carbocycles. The quantitative estimate of drug-likeness (QED) is 0.521. The third kappa shape index (κ3) is 10.4. The molecule has 0 bridgehead atoms. The lowest BCUT2D eigenvalue weighted by molar-refractivity contribution is 0.367.